The molecule has 0 fully saturated rings. The molecular weight excluding hydrogens is 316 g/mol. The number of likely N-dealkylation sites (N-methyl/N-ethyl adjacent to an activating group) is 1. The minimum atomic E-state index is -0.697. The first-order valence-corrected chi connectivity index (χ1v) is 7.84. The van der Waals surface area contributed by atoms with Crippen molar-refractivity contribution >= 4 is 6.03 Å². The van der Waals surface area contributed by atoms with E-state index in [-0.39, 0.29) is 24.1 Å². The second-order valence-electron chi connectivity index (χ2n) is 7.09. The Balaban J connectivity index is 2.67. The van der Waals surface area contributed by atoms with Crippen LogP contribution in [0.4, 0.5) is 13.6 Å². The third kappa shape index (κ3) is 5.72. The average molecular weight is 343 g/mol. The first-order chi connectivity index (χ1) is 11.0. The van der Waals surface area contributed by atoms with Crippen LogP contribution in [0.5, 0.6) is 0 Å². The number of halogens is 2. The molecule has 1 aromatic rings. The lowest BCUT2D eigenvalue weighted by atomic mass is 9.89. The lowest BCUT2D eigenvalue weighted by Crippen LogP contribution is -2.45. The van der Waals surface area contributed by atoms with Crippen molar-refractivity contribution in [1.29, 1.82) is 0 Å². The molecule has 0 aromatic heterocycles. The quantitative estimate of drug-likeness (QED) is 0.742. The topological polar surface area (TPSA) is 64.6 Å². The van der Waals surface area contributed by atoms with Crippen LogP contribution in [-0.2, 0) is 0 Å². The molecule has 0 aliphatic heterocycles. The Bertz CT molecular complexity index is 539. The molecule has 0 saturated carbocycles. The van der Waals surface area contributed by atoms with Crippen LogP contribution in [0, 0.1) is 17.0 Å². The average Bonchev–Trinajstić information content (AvgIpc) is 2.46. The molecule has 136 valence electrons. The Hall–Kier alpha value is -1.73. The maximum Gasteiger partial charge on any atom is 0.314 e. The Morgan fingerprint density at radius 1 is 1.17 bits per heavy atom. The van der Waals surface area contributed by atoms with Gasteiger partial charge in [0.1, 0.15) is 11.6 Å². The highest BCUT2D eigenvalue weighted by atomic mass is 19.1. The number of nitrogens with one attached hydrogen (secondary N) is 2. The lowest BCUT2D eigenvalue weighted by Gasteiger charge is -2.27. The number of hydrogen-bond donors (Lipinski definition) is 3. The lowest BCUT2D eigenvalue weighted by molar-refractivity contribution is 0.0649. The van der Waals surface area contributed by atoms with Crippen LogP contribution >= 0.6 is 0 Å². The Morgan fingerprint density at radius 3 is 2.12 bits per heavy atom. The Labute approximate surface area is 142 Å². The highest BCUT2D eigenvalue weighted by Crippen LogP contribution is 2.23. The molecule has 3 N–H and O–H groups in total. The molecule has 7 heteroatoms. The fourth-order valence-electron chi connectivity index (χ4n) is 2.12. The van der Waals surface area contributed by atoms with E-state index in [1.165, 1.54) is 18.2 Å². The summed E-state index contributed by atoms with van der Waals surface area (Å²) in [5.74, 6) is -1.31. The Morgan fingerprint density at radius 2 is 1.67 bits per heavy atom. The van der Waals surface area contributed by atoms with Gasteiger partial charge >= 0.3 is 6.03 Å². The van der Waals surface area contributed by atoms with Gasteiger partial charge in [0.15, 0.2) is 0 Å². The van der Waals surface area contributed by atoms with E-state index in [0.29, 0.717) is 0 Å². The second-order valence-corrected chi connectivity index (χ2v) is 7.09. The predicted octanol–water partition coefficient (Wildman–Crippen LogP) is 2.27. The van der Waals surface area contributed by atoms with E-state index in [1.807, 2.05) is 20.8 Å². The van der Waals surface area contributed by atoms with E-state index in [1.54, 1.807) is 19.0 Å². The molecule has 2 amide bonds. The molecule has 2 atom stereocenters. The van der Waals surface area contributed by atoms with E-state index in [4.69, 9.17) is 0 Å². The number of urea groups is 1. The summed E-state index contributed by atoms with van der Waals surface area (Å²) in [6, 6.07) is 2.53. The summed E-state index contributed by atoms with van der Waals surface area (Å²) in [7, 11) is 3.36. The number of aliphatic hydroxyl groups excluding tert-OH is 1. The zero-order chi connectivity index (χ0) is 18.5. The minimum Gasteiger partial charge on any atom is -0.391 e. The van der Waals surface area contributed by atoms with Crippen LogP contribution in [-0.4, -0.2) is 49.3 Å². The van der Waals surface area contributed by atoms with Gasteiger partial charge in [0.05, 0.1) is 12.1 Å². The number of rotatable bonds is 6. The number of carbonyl (C=O) groups excluding carboxylic acids is 1. The molecule has 0 saturated heterocycles. The summed E-state index contributed by atoms with van der Waals surface area (Å²) in [4.78, 5) is 13.5. The maximum atomic E-state index is 13.9. The van der Waals surface area contributed by atoms with Crippen molar-refractivity contribution in [2.75, 3.05) is 27.2 Å². The van der Waals surface area contributed by atoms with Gasteiger partial charge in [-0.3, -0.25) is 0 Å². The van der Waals surface area contributed by atoms with Crippen LogP contribution in [0.3, 0.4) is 0 Å². The van der Waals surface area contributed by atoms with E-state index in [2.05, 4.69) is 10.6 Å². The highest BCUT2D eigenvalue weighted by molar-refractivity contribution is 5.73. The number of carbonyl (C=O) groups is 1. The van der Waals surface area contributed by atoms with Crippen molar-refractivity contribution in [3.63, 3.8) is 0 Å². The SMILES string of the molecule is CN(C)C(CNC(=O)NCC(O)C(C)(C)C)c1c(F)cccc1F. The van der Waals surface area contributed by atoms with Crippen molar-refractivity contribution in [2.45, 2.75) is 32.9 Å². The third-order valence-electron chi connectivity index (χ3n) is 3.87. The number of amides is 2. The molecule has 0 aliphatic carbocycles. The van der Waals surface area contributed by atoms with Gasteiger partial charge in [-0.15, -0.1) is 0 Å². The fraction of sp³-hybridized carbons (Fsp3) is 0.588. The van der Waals surface area contributed by atoms with Crippen molar-refractivity contribution in [2.24, 2.45) is 5.41 Å². The normalized spacial score (nSPS) is 14.4. The zero-order valence-corrected chi connectivity index (χ0v) is 14.9. The van der Waals surface area contributed by atoms with Gasteiger partial charge < -0.3 is 20.6 Å². The summed E-state index contributed by atoms with van der Waals surface area (Å²) in [5.41, 5.74) is -0.437. The van der Waals surface area contributed by atoms with Crippen molar-refractivity contribution < 1.29 is 18.7 Å². The molecule has 1 aromatic carbocycles. The molecule has 0 spiro atoms. The van der Waals surface area contributed by atoms with Gasteiger partial charge in [0.2, 0.25) is 0 Å². The van der Waals surface area contributed by atoms with Crippen LogP contribution in [0.15, 0.2) is 18.2 Å². The van der Waals surface area contributed by atoms with Crippen LogP contribution < -0.4 is 10.6 Å². The first-order valence-electron chi connectivity index (χ1n) is 7.84. The molecule has 24 heavy (non-hydrogen) atoms. The van der Waals surface area contributed by atoms with Crippen LogP contribution in [0.1, 0.15) is 32.4 Å². The molecule has 0 heterocycles. The van der Waals surface area contributed by atoms with Gasteiger partial charge in [0, 0.05) is 18.7 Å². The van der Waals surface area contributed by atoms with Crippen molar-refractivity contribution in [1.82, 2.24) is 15.5 Å². The molecular formula is C17H27F2N3O2. The van der Waals surface area contributed by atoms with Gasteiger partial charge in [0.25, 0.3) is 0 Å². The molecule has 0 radical (unpaired) electrons. The molecule has 5 nitrogen and oxygen atoms in total. The molecule has 0 bridgehead atoms. The van der Waals surface area contributed by atoms with Gasteiger partial charge in [-0.2, -0.15) is 0 Å². The summed E-state index contributed by atoms with van der Waals surface area (Å²) < 4.78 is 27.9. The smallest absolute Gasteiger partial charge is 0.314 e. The zero-order valence-electron chi connectivity index (χ0n) is 14.9. The third-order valence-corrected chi connectivity index (χ3v) is 3.87. The Kier molecular flexibility index (Phi) is 7.10. The van der Waals surface area contributed by atoms with E-state index in [0.717, 1.165) is 0 Å². The summed E-state index contributed by atoms with van der Waals surface area (Å²) in [6.45, 7) is 5.71. The second kappa shape index (κ2) is 8.39. The van der Waals surface area contributed by atoms with E-state index in [9.17, 15) is 18.7 Å². The number of aliphatic hydroxyl groups is 1. The van der Waals surface area contributed by atoms with E-state index >= 15 is 0 Å². The maximum absolute atomic E-state index is 13.9. The summed E-state index contributed by atoms with van der Waals surface area (Å²) in [6.07, 6.45) is -0.697. The first kappa shape index (κ1) is 20.3. The molecule has 1 rings (SSSR count). The number of hydrogen-bond acceptors (Lipinski definition) is 3. The monoisotopic (exact) mass is 343 g/mol. The molecule has 0 aliphatic rings. The number of benzene rings is 1. The van der Waals surface area contributed by atoms with Crippen LogP contribution in [0.25, 0.3) is 0 Å². The minimum absolute atomic E-state index is 0.0301. The van der Waals surface area contributed by atoms with Gasteiger partial charge in [-0.25, -0.2) is 13.6 Å². The summed E-state index contributed by atoms with van der Waals surface area (Å²) >= 11 is 0. The van der Waals surface area contributed by atoms with Crippen molar-refractivity contribution in [3.05, 3.63) is 35.4 Å². The number of nitrogens with zero attached hydrogens (tertiary/aromatic N) is 1. The molecule has 2 unspecified atom stereocenters. The van der Waals surface area contributed by atoms with Crippen LogP contribution in [0.2, 0.25) is 0 Å². The fourth-order valence-corrected chi connectivity index (χ4v) is 2.12. The largest absolute Gasteiger partial charge is 0.391 e. The van der Waals surface area contributed by atoms with Crippen molar-refractivity contribution in [3.8, 4) is 0 Å². The summed E-state index contributed by atoms with van der Waals surface area (Å²) in [5, 5.41) is 15.0. The van der Waals surface area contributed by atoms with Gasteiger partial charge in [-0.05, 0) is 31.6 Å². The van der Waals surface area contributed by atoms with Gasteiger partial charge in [-0.1, -0.05) is 26.8 Å². The predicted molar refractivity (Wildman–Crippen MR) is 89.6 cm³/mol. The van der Waals surface area contributed by atoms with E-state index < -0.39 is 29.8 Å². The highest BCUT2D eigenvalue weighted by Gasteiger charge is 2.24. The standard InChI is InChI=1S/C17H27F2N3O2/c1-17(2,3)14(23)10-21-16(24)20-9-13(22(4)5)15-11(18)7-6-8-12(15)19/h6-8,13-14,23H,9-10H2,1-5H3,(H2,20,21,24).